The summed E-state index contributed by atoms with van der Waals surface area (Å²) in [6.07, 6.45) is 2.17. The predicted octanol–water partition coefficient (Wildman–Crippen LogP) is -0.180. The molecule has 0 amide bonds. The zero-order valence-electron chi connectivity index (χ0n) is 9.47. The van der Waals surface area contributed by atoms with Crippen LogP contribution >= 0.6 is 0 Å². The van der Waals surface area contributed by atoms with Crippen LogP contribution in [0.4, 0.5) is 0 Å². The Morgan fingerprint density at radius 3 is 2.67 bits per heavy atom. The van der Waals surface area contributed by atoms with E-state index in [1.807, 2.05) is 0 Å². The second-order valence-electron chi connectivity index (χ2n) is 4.41. The van der Waals surface area contributed by atoms with E-state index in [1.165, 1.54) is 0 Å². The average molecular weight is 235 g/mol. The summed E-state index contributed by atoms with van der Waals surface area (Å²) in [5.74, 6) is 0. The molecule has 5 nitrogen and oxygen atoms in total. The molecular formula is C9H21N3O2S. The zero-order valence-corrected chi connectivity index (χ0v) is 10.3. The van der Waals surface area contributed by atoms with E-state index >= 15 is 0 Å². The third-order valence-corrected chi connectivity index (χ3v) is 3.90. The van der Waals surface area contributed by atoms with Crippen LogP contribution in [0.1, 0.15) is 26.7 Å². The Kier molecular flexibility index (Phi) is 4.51. The van der Waals surface area contributed by atoms with Gasteiger partial charge in [-0.2, -0.15) is 8.42 Å². The Labute approximate surface area is 92.2 Å². The SMILES string of the molecule is CCNS(=O)(=O)NCC1(C)CCCNC1. The number of hydrogen-bond acceptors (Lipinski definition) is 3. The number of rotatable bonds is 5. The summed E-state index contributed by atoms with van der Waals surface area (Å²) in [7, 11) is -3.30. The van der Waals surface area contributed by atoms with Crippen LogP contribution in [0, 0.1) is 5.41 Å². The average Bonchev–Trinajstić information content (AvgIpc) is 2.17. The molecule has 1 fully saturated rings. The Balaban J connectivity index is 2.41. The molecule has 0 aromatic heterocycles. The summed E-state index contributed by atoms with van der Waals surface area (Å²) in [5.41, 5.74) is 0.0424. The molecule has 0 spiro atoms. The van der Waals surface area contributed by atoms with E-state index in [0.717, 1.165) is 25.9 Å². The molecule has 1 atom stereocenters. The van der Waals surface area contributed by atoms with Gasteiger partial charge in [0.1, 0.15) is 0 Å². The predicted molar refractivity (Wildman–Crippen MR) is 60.8 cm³/mol. The maximum atomic E-state index is 11.4. The molecule has 0 saturated carbocycles. The first-order chi connectivity index (χ1) is 6.97. The third kappa shape index (κ3) is 4.46. The molecule has 90 valence electrons. The lowest BCUT2D eigenvalue weighted by molar-refractivity contribution is 0.238. The van der Waals surface area contributed by atoms with Crippen LogP contribution in [0.15, 0.2) is 0 Å². The summed E-state index contributed by atoms with van der Waals surface area (Å²) < 4.78 is 27.8. The second kappa shape index (κ2) is 5.25. The smallest absolute Gasteiger partial charge is 0.276 e. The molecule has 1 unspecified atom stereocenters. The van der Waals surface area contributed by atoms with Crippen molar-refractivity contribution in [1.29, 1.82) is 0 Å². The molecular weight excluding hydrogens is 214 g/mol. The van der Waals surface area contributed by atoms with Crippen molar-refractivity contribution in [3.63, 3.8) is 0 Å². The van der Waals surface area contributed by atoms with Crippen LogP contribution < -0.4 is 14.8 Å². The Hall–Kier alpha value is -0.170. The van der Waals surface area contributed by atoms with Gasteiger partial charge < -0.3 is 5.32 Å². The first kappa shape index (κ1) is 12.9. The Morgan fingerprint density at radius 1 is 1.40 bits per heavy atom. The summed E-state index contributed by atoms with van der Waals surface area (Å²) in [5, 5.41) is 3.29. The quantitative estimate of drug-likeness (QED) is 0.619. The zero-order chi connectivity index (χ0) is 11.4. The van der Waals surface area contributed by atoms with Gasteiger partial charge in [-0.15, -0.1) is 0 Å². The van der Waals surface area contributed by atoms with Gasteiger partial charge in [-0.1, -0.05) is 13.8 Å². The molecule has 1 heterocycles. The summed E-state index contributed by atoms with van der Waals surface area (Å²) >= 11 is 0. The van der Waals surface area contributed by atoms with Gasteiger partial charge in [0.25, 0.3) is 10.2 Å². The summed E-state index contributed by atoms with van der Waals surface area (Å²) in [4.78, 5) is 0. The Bertz CT molecular complexity index is 284. The molecule has 0 aromatic carbocycles. The van der Waals surface area contributed by atoms with Gasteiger partial charge in [0.15, 0.2) is 0 Å². The van der Waals surface area contributed by atoms with Crippen molar-refractivity contribution in [1.82, 2.24) is 14.8 Å². The maximum Gasteiger partial charge on any atom is 0.276 e. The fraction of sp³-hybridized carbons (Fsp3) is 1.00. The molecule has 0 bridgehead atoms. The highest BCUT2D eigenvalue weighted by Gasteiger charge is 2.27. The van der Waals surface area contributed by atoms with Gasteiger partial charge in [-0.05, 0) is 24.8 Å². The first-order valence-corrected chi connectivity index (χ1v) is 6.91. The van der Waals surface area contributed by atoms with Gasteiger partial charge in [0.05, 0.1) is 0 Å². The van der Waals surface area contributed by atoms with E-state index in [9.17, 15) is 8.42 Å². The topological polar surface area (TPSA) is 70.2 Å². The van der Waals surface area contributed by atoms with E-state index in [4.69, 9.17) is 0 Å². The fourth-order valence-electron chi connectivity index (χ4n) is 1.78. The van der Waals surface area contributed by atoms with Crippen molar-refractivity contribution in [2.24, 2.45) is 5.41 Å². The molecule has 1 aliphatic rings. The molecule has 0 aromatic rings. The summed E-state index contributed by atoms with van der Waals surface area (Å²) in [6.45, 7) is 6.70. The lowest BCUT2D eigenvalue weighted by Crippen LogP contribution is -2.48. The van der Waals surface area contributed by atoms with E-state index in [0.29, 0.717) is 13.1 Å². The molecule has 1 aliphatic heterocycles. The van der Waals surface area contributed by atoms with Gasteiger partial charge in [-0.25, -0.2) is 9.44 Å². The van der Waals surface area contributed by atoms with Crippen molar-refractivity contribution in [2.45, 2.75) is 26.7 Å². The normalized spacial score (nSPS) is 27.9. The monoisotopic (exact) mass is 235 g/mol. The van der Waals surface area contributed by atoms with Gasteiger partial charge in [0.2, 0.25) is 0 Å². The van der Waals surface area contributed by atoms with Crippen LogP contribution in [0.2, 0.25) is 0 Å². The lowest BCUT2D eigenvalue weighted by Gasteiger charge is -2.34. The Morgan fingerprint density at radius 2 is 2.13 bits per heavy atom. The van der Waals surface area contributed by atoms with Crippen LogP contribution in [-0.4, -0.2) is 34.6 Å². The molecule has 1 saturated heterocycles. The largest absolute Gasteiger partial charge is 0.316 e. The minimum atomic E-state index is -3.30. The van der Waals surface area contributed by atoms with Crippen molar-refractivity contribution in [2.75, 3.05) is 26.2 Å². The highest BCUT2D eigenvalue weighted by molar-refractivity contribution is 7.87. The molecule has 3 N–H and O–H groups in total. The van der Waals surface area contributed by atoms with Crippen LogP contribution in [0.25, 0.3) is 0 Å². The summed E-state index contributed by atoms with van der Waals surface area (Å²) in [6, 6.07) is 0. The lowest BCUT2D eigenvalue weighted by atomic mass is 9.83. The number of hydrogen-bond donors (Lipinski definition) is 3. The second-order valence-corrected chi connectivity index (χ2v) is 6.00. The van der Waals surface area contributed by atoms with Crippen LogP contribution in [0.3, 0.4) is 0 Å². The standard InChI is InChI=1S/C9H21N3O2S/c1-3-11-15(13,14)12-8-9(2)5-4-6-10-7-9/h10-12H,3-8H2,1-2H3. The van der Waals surface area contributed by atoms with Gasteiger partial charge in [-0.3, -0.25) is 0 Å². The van der Waals surface area contributed by atoms with E-state index < -0.39 is 10.2 Å². The third-order valence-electron chi connectivity index (χ3n) is 2.71. The molecule has 0 aliphatic carbocycles. The maximum absolute atomic E-state index is 11.4. The van der Waals surface area contributed by atoms with Gasteiger partial charge in [0, 0.05) is 19.6 Å². The van der Waals surface area contributed by atoms with E-state index in [-0.39, 0.29) is 5.41 Å². The van der Waals surface area contributed by atoms with E-state index in [1.54, 1.807) is 6.92 Å². The minimum Gasteiger partial charge on any atom is -0.316 e. The first-order valence-electron chi connectivity index (χ1n) is 5.42. The molecule has 6 heteroatoms. The van der Waals surface area contributed by atoms with Crippen LogP contribution in [-0.2, 0) is 10.2 Å². The van der Waals surface area contributed by atoms with Crippen molar-refractivity contribution >= 4 is 10.2 Å². The van der Waals surface area contributed by atoms with Crippen molar-refractivity contribution in [3.05, 3.63) is 0 Å². The molecule has 1 rings (SSSR count). The highest BCUT2D eigenvalue weighted by atomic mass is 32.2. The molecule has 0 radical (unpaired) electrons. The number of piperidine rings is 1. The molecule has 15 heavy (non-hydrogen) atoms. The van der Waals surface area contributed by atoms with E-state index in [2.05, 4.69) is 21.7 Å². The highest BCUT2D eigenvalue weighted by Crippen LogP contribution is 2.24. The van der Waals surface area contributed by atoms with Crippen molar-refractivity contribution in [3.8, 4) is 0 Å². The minimum absolute atomic E-state index is 0.0424. The van der Waals surface area contributed by atoms with Crippen molar-refractivity contribution < 1.29 is 8.42 Å². The van der Waals surface area contributed by atoms with Crippen LogP contribution in [0.5, 0.6) is 0 Å². The van der Waals surface area contributed by atoms with Gasteiger partial charge >= 0.3 is 0 Å². The fourth-order valence-corrected chi connectivity index (χ4v) is 2.80. The number of nitrogens with one attached hydrogen (secondary N) is 3.